The molecule has 0 saturated carbocycles. The van der Waals surface area contributed by atoms with E-state index in [-0.39, 0.29) is 18.1 Å². The highest BCUT2D eigenvalue weighted by Gasteiger charge is 2.17. The molecule has 1 amide bonds. The molecular formula is C17H18FN3O2. The number of nitrogens with zero attached hydrogens (tertiary/aromatic N) is 2. The SMILES string of the molecule is Cc1noc(C)c1CC(=O)N(C)Cc1cc2cc(F)ccc2[nH]1. The molecule has 0 unspecified atom stereocenters. The molecule has 0 atom stereocenters. The second kappa shape index (κ2) is 5.87. The molecule has 6 heteroatoms. The maximum atomic E-state index is 13.2. The Morgan fingerprint density at radius 3 is 2.83 bits per heavy atom. The van der Waals surface area contributed by atoms with Crippen molar-refractivity contribution in [1.29, 1.82) is 0 Å². The Labute approximate surface area is 133 Å². The van der Waals surface area contributed by atoms with Crippen molar-refractivity contribution in [3.8, 4) is 0 Å². The monoisotopic (exact) mass is 315 g/mol. The van der Waals surface area contributed by atoms with E-state index in [0.717, 1.165) is 27.9 Å². The van der Waals surface area contributed by atoms with Crippen LogP contribution in [0, 0.1) is 19.7 Å². The van der Waals surface area contributed by atoms with Crippen molar-refractivity contribution in [2.45, 2.75) is 26.8 Å². The number of halogens is 1. The Balaban J connectivity index is 1.72. The minimum absolute atomic E-state index is 0.0239. The first-order chi connectivity index (χ1) is 10.9. The second-order valence-electron chi connectivity index (χ2n) is 5.76. The highest BCUT2D eigenvalue weighted by atomic mass is 19.1. The Bertz CT molecular complexity index is 846. The van der Waals surface area contributed by atoms with E-state index >= 15 is 0 Å². The van der Waals surface area contributed by atoms with Crippen LogP contribution in [-0.4, -0.2) is 28.0 Å². The number of rotatable bonds is 4. The first-order valence-corrected chi connectivity index (χ1v) is 7.37. The van der Waals surface area contributed by atoms with Crippen LogP contribution in [0.4, 0.5) is 4.39 Å². The molecule has 0 spiro atoms. The number of hydrogen-bond acceptors (Lipinski definition) is 3. The predicted octanol–water partition coefficient (Wildman–Crippen LogP) is 3.11. The van der Waals surface area contributed by atoms with Crippen molar-refractivity contribution in [2.24, 2.45) is 0 Å². The third-order valence-corrected chi connectivity index (χ3v) is 3.98. The van der Waals surface area contributed by atoms with Crippen LogP contribution in [0.3, 0.4) is 0 Å². The Morgan fingerprint density at radius 1 is 1.35 bits per heavy atom. The van der Waals surface area contributed by atoms with Crippen molar-refractivity contribution < 1.29 is 13.7 Å². The van der Waals surface area contributed by atoms with E-state index in [1.54, 1.807) is 24.9 Å². The lowest BCUT2D eigenvalue weighted by Crippen LogP contribution is -2.28. The van der Waals surface area contributed by atoms with Crippen LogP contribution in [0.5, 0.6) is 0 Å². The Hall–Kier alpha value is -2.63. The summed E-state index contributed by atoms with van der Waals surface area (Å²) in [5.41, 5.74) is 3.29. The summed E-state index contributed by atoms with van der Waals surface area (Å²) in [6.07, 6.45) is 0.256. The number of aromatic amines is 1. The van der Waals surface area contributed by atoms with Gasteiger partial charge in [0.1, 0.15) is 11.6 Å². The van der Waals surface area contributed by atoms with E-state index in [1.165, 1.54) is 12.1 Å². The van der Waals surface area contributed by atoms with Gasteiger partial charge in [0, 0.05) is 29.2 Å². The Kier molecular flexibility index (Phi) is 3.90. The average Bonchev–Trinajstić information content (AvgIpc) is 3.03. The van der Waals surface area contributed by atoms with Crippen molar-refractivity contribution in [2.75, 3.05) is 7.05 Å². The molecule has 3 rings (SSSR count). The van der Waals surface area contributed by atoms with E-state index in [0.29, 0.717) is 12.3 Å². The molecule has 23 heavy (non-hydrogen) atoms. The van der Waals surface area contributed by atoms with Gasteiger partial charge < -0.3 is 14.4 Å². The first-order valence-electron chi connectivity index (χ1n) is 7.37. The fraction of sp³-hybridized carbons (Fsp3) is 0.294. The summed E-state index contributed by atoms with van der Waals surface area (Å²) in [4.78, 5) is 17.2. The molecule has 0 fully saturated rings. The Morgan fingerprint density at radius 2 is 2.13 bits per heavy atom. The largest absolute Gasteiger partial charge is 0.361 e. The summed E-state index contributed by atoms with van der Waals surface area (Å²) in [6, 6.07) is 6.44. The number of hydrogen-bond donors (Lipinski definition) is 1. The topological polar surface area (TPSA) is 62.1 Å². The fourth-order valence-electron chi connectivity index (χ4n) is 2.63. The van der Waals surface area contributed by atoms with Crippen molar-refractivity contribution in [3.05, 3.63) is 52.8 Å². The minimum atomic E-state index is -0.272. The highest BCUT2D eigenvalue weighted by Crippen LogP contribution is 2.18. The molecule has 0 aliphatic rings. The van der Waals surface area contributed by atoms with Crippen molar-refractivity contribution in [3.63, 3.8) is 0 Å². The summed E-state index contributed by atoms with van der Waals surface area (Å²) in [6.45, 7) is 4.05. The average molecular weight is 315 g/mol. The van der Waals surface area contributed by atoms with E-state index in [2.05, 4.69) is 10.1 Å². The van der Waals surface area contributed by atoms with Crippen LogP contribution < -0.4 is 0 Å². The first kappa shape index (κ1) is 15.3. The number of H-pyrrole nitrogens is 1. The quantitative estimate of drug-likeness (QED) is 0.804. The van der Waals surface area contributed by atoms with Gasteiger partial charge in [-0.05, 0) is 38.1 Å². The number of nitrogens with one attached hydrogen (secondary N) is 1. The van der Waals surface area contributed by atoms with Gasteiger partial charge in [-0.15, -0.1) is 0 Å². The van der Waals surface area contributed by atoms with Gasteiger partial charge in [-0.25, -0.2) is 4.39 Å². The summed E-state index contributed by atoms with van der Waals surface area (Å²) >= 11 is 0. The van der Waals surface area contributed by atoms with Gasteiger partial charge in [0.15, 0.2) is 0 Å². The minimum Gasteiger partial charge on any atom is -0.361 e. The molecule has 0 saturated heterocycles. The highest BCUT2D eigenvalue weighted by molar-refractivity contribution is 5.81. The van der Waals surface area contributed by atoms with Gasteiger partial charge >= 0.3 is 0 Å². The van der Waals surface area contributed by atoms with Crippen LogP contribution in [0.15, 0.2) is 28.8 Å². The lowest BCUT2D eigenvalue weighted by atomic mass is 10.1. The zero-order valence-corrected chi connectivity index (χ0v) is 13.3. The number of carbonyl (C=O) groups excluding carboxylic acids is 1. The summed E-state index contributed by atoms with van der Waals surface area (Å²) in [7, 11) is 1.74. The van der Waals surface area contributed by atoms with E-state index < -0.39 is 0 Å². The molecule has 1 N–H and O–H groups in total. The van der Waals surface area contributed by atoms with Crippen LogP contribution in [0.25, 0.3) is 10.9 Å². The van der Waals surface area contributed by atoms with Crippen molar-refractivity contribution >= 4 is 16.8 Å². The molecule has 3 aromatic rings. The molecule has 0 bridgehead atoms. The number of aryl methyl sites for hydroxylation is 2. The lowest BCUT2D eigenvalue weighted by Gasteiger charge is -2.16. The molecular weight excluding hydrogens is 297 g/mol. The van der Waals surface area contributed by atoms with Gasteiger partial charge in [0.25, 0.3) is 0 Å². The third-order valence-electron chi connectivity index (χ3n) is 3.98. The molecule has 0 radical (unpaired) electrons. The molecule has 2 aromatic heterocycles. The standard InChI is InChI=1S/C17H18FN3O2/c1-10-15(11(2)23-20-10)8-17(22)21(3)9-14-7-12-6-13(18)4-5-16(12)19-14/h4-7,19H,8-9H2,1-3H3. The second-order valence-corrected chi connectivity index (χ2v) is 5.76. The molecule has 120 valence electrons. The smallest absolute Gasteiger partial charge is 0.227 e. The maximum absolute atomic E-state index is 13.2. The normalized spacial score (nSPS) is 11.1. The summed E-state index contributed by atoms with van der Waals surface area (Å²) in [5, 5.41) is 4.66. The van der Waals surface area contributed by atoms with Gasteiger partial charge in [0.2, 0.25) is 5.91 Å². The molecule has 1 aromatic carbocycles. The van der Waals surface area contributed by atoms with Crippen LogP contribution in [0.2, 0.25) is 0 Å². The zero-order valence-electron chi connectivity index (χ0n) is 13.3. The number of fused-ring (bicyclic) bond motifs is 1. The molecule has 2 heterocycles. The fourth-order valence-corrected chi connectivity index (χ4v) is 2.63. The number of carbonyl (C=O) groups is 1. The number of benzene rings is 1. The number of aromatic nitrogens is 2. The zero-order chi connectivity index (χ0) is 16.6. The third kappa shape index (κ3) is 3.11. The van der Waals surface area contributed by atoms with E-state index in [9.17, 15) is 9.18 Å². The molecule has 5 nitrogen and oxygen atoms in total. The van der Waals surface area contributed by atoms with Gasteiger partial charge in [-0.1, -0.05) is 5.16 Å². The van der Waals surface area contributed by atoms with Crippen LogP contribution in [0.1, 0.15) is 22.7 Å². The van der Waals surface area contributed by atoms with Crippen LogP contribution in [-0.2, 0) is 17.8 Å². The van der Waals surface area contributed by atoms with Crippen molar-refractivity contribution in [1.82, 2.24) is 15.0 Å². The van der Waals surface area contributed by atoms with Gasteiger partial charge in [0.05, 0.1) is 18.7 Å². The molecule has 0 aliphatic carbocycles. The molecule has 0 aliphatic heterocycles. The maximum Gasteiger partial charge on any atom is 0.227 e. The van der Waals surface area contributed by atoms with Gasteiger partial charge in [-0.2, -0.15) is 0 Å². The van der Waals surface area contributed by atoms with Gasteiger partial charge in [-0.3, -0.25) is 4.79 Å². The number of likely N-dealkylation sites (N-methyl/N-ethyl adjacent to an activating group) is 1. The lowest BCUT2D eigenvalue weighted by molar-refractivity contribution is -0.129. The number of amides is 1. The summed E-state index contributed by atoms with van der Waals surface area (Å²) < 4.78 is 18.3. The van der Waals surface area contributed by atoms with E-state index in [1.807, 2.05) is 13.0 Å². The van der Waals surface area contributed by atoms with E-state index in [4.69, 9.17) is 4.52 Å². The summed E-state index contributed by atoms with van der Waals surface area (Å²) in [5.74, 6) is 0.375. The van der Waals surface area contributed by atoms with Crippen LogP contribution >= 0.6 is 0 Å². The predicted molar refractivity (Wildman–Crippen MR) is 84.4 cm³/mol.